The Labute approximate surface area is 180 Å². The molecule has 0 radical (unpaired) electrons. The Morgan fingerprint density at radius 2 is 2.03 bits per heavy atom. The minimum Gasteiger partial charge on any atom is -0.377 e. The molecule has 0 aliphatic carbocycles. The van der Waals surface area contributed by atoms with Crippen molar-refractivity contribution in [3.8, 4) is 0 Å². The molecule has 1 atom stereocenters. The van der Waals surface area contributed by atoms with Gasteiger partial charge >= 0.3 is 0 Å². The Morgan fingerprint density at radius 1 is 1.24 bits per heavy atom. The summed E-state index contributed by atoms with van der Waals surface area (Å²) in [4.78, 5) is 14.2. The monoisotopic (exact) mass is 456 g/mol. The first-order valence-electron chi connectivity index (χ1n) is 9.17. The first-order chi connectivity index (χ1) is 13.8. The van der Waals surface area contributed by atoms with Crippen LogP contribution in [0.1, 0.15) is 28.8 Å². The smallest absolute Gasteiger partial charge is 0.253 e. The van der Waals surface area contributed by atoms with Crippen LogP contribution in [-0.2, 0) is 21.3 Å². The molecule has 0 bridgehead atoms. The standard InChI is InChI=1S/C20H22Cl2N2O4S/c1-24(13-14-4-2-5-16(21)10-14)20(25)15-7-8-18(22)19(11-15)29(26,27)23-12-17-6-3-9-28-17/h2,4-5,7-8,10-11,17,23H,3,6,9,12-13H2,1H3. The van der Waals surface area contributed by atoms with Crippen LogP contribution in [0.5, 0.6) is 0 Å². The van der Waals surface area contributed by atoms with Gasteiger partial charge < -0.3 is 9.64 Å². The number of carbonyl (C=O) groups excluding carboxylic acids is 1. The third-order valence-electron chi connectivity index (χ3n) is 4.65. The highest BCUT2D eigenvalue weighted by Crippen LogP contribution is 2.24. The Hall–Kier alpha value is -1.64. The summed E-state index contributed by atoms with van der Waals surface area (Å²) in [6, 6.07) is 11.4. The molecule has 156 valence electrons. The van der Waals surface area contributed by atoms with Gasteiger partial charge in [0.25, 0.3) is 5.91 Å². The topological polar surface area (TPSA) is 75.7 Å². The largest absolute Gasteiger partial charge is 0.377 e. The van der Waals surface area contributed by atoms with E-state index >= 15 is 0 Å². The molecule has 1 fully saturated rings. The highest BCUT2D eigenvalue weighted by atomic mass is 35.5. The molecule has 1 aliphatic heterocycles. The first-order valence-corrected chi connectivity index (χ1v) is 11.4. The number of nitrogens with zero attached hydrogens (tertiary/aromatic N) is 1. The average molecular weight is 457 g/mol. The van der Waals surface area contributed by atoms with Gasteiger partial charge in [0, 0.05) is 37.3 Å². The summed E-state index contributed by atoms with van der Waals surface area (Å²) < 4.78 is 33.3. The summed E-state index contributed by atoms with van der Waals surface area (Å²) in [7, 11) is -2.23. The second-order valence-corrected chi connectivity index (χ2v) is 9.50. The van der Waals surface area contributed by atoms with Crippen molar-refractivity contribution in [2.75, 3.05) is 20.2 Å². The van der Waals surface area contributed by atoms with Crippen LogP contribution in [0, 0.1) is 0 Å². The van der Waals surface area contributed by atoms with Crippen LogP contribution in [-0.4, -0.2) is 45.5 Å². The summed E-state index contributed by atoms with van der Waals surface area (Å²) in [6.45, 7) is 1.14. The number of halogens is 2. The predicted molar refractivity (Wildman–Crippen MR) is 113 cm³/mol. The highest BCUT2D eigenvalue weighted by Gasteiger charge is 2.24. The highest BCUT2D eigenvalue weighted by molar-refractivity contribution is 7.89. The van der Waals surface area contributed by atoms with E-state index in [1.807, 2.05) is 12.1 Å². The molecule has 1 amide bonds. The summed E-state index contributed by atoms with van der Waals surface area (Å²) in [5.41, 5.74) is 1.10. The number of nitrogens with one attached hydrogen (secondary N) is 1. The van der Waals surface area contributed by atoms with Crippen molar-refractivity contribution in [2.45, 2.75) is 30.4 Å². The Balaban J connectivity index is 1.75. The number of hydrogen-bond donors (Lipinski definition) is 1. The van der Waals surface area contributed by atoms with Gasteiger partial charge in [-0.05, 0) is 48.7 Å². The van der Waals surface area contributed by atoms with Crippen LogP contribution in [0.25, 0.3) is 0 Å². The maximum Gasteiger partial charge on any atom is 0.253 e. The molecule has 1 saturated heterocycles. The van der Waals surface area contributed by atoms with Crippen molar-refractivity contribution in [3.05, 3.63) is 63.6 Å². The van der Waals surface area contributed by atoms with Crippen LogP contribution in [0.4, 0.5) is 0 Å². The minimum atomic E-state index is -3.87. The number of carbonyl (C=O) groups is 1. The molecule has 0 spiro atoms. The molecule has 1 aliphatic rings. The van der Waals surface area contributed by atoms with Gasteiger partial charge in [0.15, 0.2) is 0 Å². The molecule has 1 unspecified atom stereocenters. The van der Waals surface area contributed by atoms with Gasteiger partial charge in [0.2, 0.25) is 10.0 Å². The molecule has 9 heteroatoms. The number of hydrogen-bond acceptors (Lipinski definition) is 4. The molecule has 6 nitrogen and oxygen atoms in total. The van der Waals surface area contributed by atoms with Crippen LogP contribution >= 0.6 is 23.2 Å². The summed E-state index contributed by atoms with van der Waals surface area (Å²) >= 11 is 12.1. The molecule has 3 rings (SSSR count). The molecule has 2 aromatic rings. The SMILES string of the molecule is CN(Cc1cccc(Cl)c1)C(=O)c1ccc(Cl)c(S(=O)(=O)NCC2CCCO2)c1. The molecule has 1 N–H and O–H groups in total. The fourth-order valence-corrected chi connectivity index (χ4v) is 4.93. The Morgan fingerprint density at radius 3 is 2.72 bits per heavy atom. The number of benzene rings is 2. The first kappa shape index (κ1) is 22.1. The fourth-order valence-electron chi connectivity index (χ4n) is 3.13. The average Bonchev–Trinajstić information content (AvgIpc) is 3.20. The normalized spacial score (nSPS) is 16.7. The lowest BCUT2D eigenvalue weighted by Gasteiger charge is -2.18. The summed E-state index contributed by atoms with van der Waals surface area (Å²) in [6.07, 6.45) is 1.58. The second-order valence-electron chi connectivity index (χ2n) is 6.92. The van der Waals surface area contributed by atoms with Gasteiger partial charge in [-0.2, -0.15) is 0 Å². The van der Waals surface area contributed by atoms with Crippen LogP contribution in [0.2, 0.25) is 10.0 Å². The molecule has 0 aromatic heterocycles. The number of amides is 1. The van der Waals surface area contributed by atoms with Crippen LogP contribution in [0.15, 0.2) is 47.4 Å². The van der Waals surface area contributed by atoms with Crippen molar-refractivity contribution < 1.29 is 17.9 Å². The zero-order valence-electron chi connectivity index (χ0n) is 15.9. The van der Waals surface area contributed by atoms with Gasteiger partial charge in [-0.15, -0.1) is 0 Å². The molecule has 29 heavy (non-hydrogen) atoms. The van der Waals surface area contributed by atoms with Gasteiger partial charge in [0.1, 0.15) is 4.90 Å². The van der Waals surface area contributed by atoms with E-state index in [0.717, 1.165) is 18.4 Å². The molecule has 0 saturated carbocycles. The lowest BCUT2D eigenvalue weighted by Crippen LogP contribution is -2.32. The van der Waals surface area contributed by atoms with Crippen molar-refractivity contribution in [3.63, 3.8) is 0 Å². The Kier molecular flexibility index (Phi) is 7.19. The maximum absolute atomic E-state index is 12.8. The maximum atomic E-state index is 12.8. The molecule has 1 heterocycles. The van der Waals surface area contributed by atoms with E-state index in [0.29, 0.717) is 18.2 Å². The van der Waals surface area contributed by atoms with E-state index in [2.05, 4.69) is 4.72 Å². The number of rotatable bonds is 7. The van der Waals surface area contributed by atoms with Crippen molar-refractivity contribution in [1.29, 1.82) is 0 Å². The van der Waals surface area contributed by atoms with Crippen LogP contribution in [0.3, 0.4) is 0 Å². The van der Waals surface area contributed by atoms with Crippen molar-refractivity contribution in [2.24, 2.45) is 0 Å². The lowest BCUT2D eigenvalue weighted by molar-refractivity contribution is 0.0785. The van der Waals surface area contributed by atoms with Gasteiger partial charge in [-0.3, -0.25) is 4.79 Å². The van der Waals surface area contributed by atoms with E-state index in [9.17, 15) is 13.2 Å². The zero-order valence-corrected chi connectivity index (χ0v) is 18.2. The van der Waals surface area contributed by atoms with Gasteiger partial charge in [-0.1, -0.05) is 35.3 Å². The second kappa shape index (κ2) is 9.45. The fraction of sp³-hybridized carbons (Fsp3) is 0.350. The van der Waals surface area contributed by atoms with E-state index in [1.165, 1.54) is 23.1 Å². The molecular weight excluding hydrogens is 435 g/mol. The van der Waals surface area contributed by atoms with Crippen LogP contribution < -0.4 is 4.72 Å². The Bertz CT molecular complexity index is 992. The lowest BCUT2D eigenvalue weighted by atomic mass is 10.1. The third-order valence-corrected chi connectivity index (χ3v) is 6.79. The van der Waals surface area contributed by atoms with Crippen molar-refractivity contribution in [1.82, 2.24) is 9.62 Å². The van der Waals surface area contributed by atoms with Gasteiger partial charge in [0.05, 0.1) is 11.1 Å². The van der Waals surface area contributed by atoms with E-state index in [1.54, 1.807) is 19.2 Å². The van der Waals surface area contributed by atoms with E-state index < -0.39 is 10.0 Å². The van der Waals surface area contributed by atoms with E-state index in [4.69, 9.17) is 27.9 Å². The molecule has 2 aromatic carbocycles. The summed E-state index contributed by atoms with van der Waals surface area (Å²) in [5, 5.41) is 0.638. The molecular formula is C20H22Cl2N2O4S. The third kappa shape index (κ3) is 5.71. The predicted octanol–water partition coefficient (Wildman–Crippen LogP) is 3.72. The summed E-state index contributed by atoms with van der Waals surface area (Å²) in [5.74, 6) is -0.322. The zero-order chi connectivity index (χ0) is 21.0. The number of ether oxygens (including phenoxy) is 1. The minimum absolute atomic E-state index is 0.0545. The van der Waals surface area contributed by atoms with E-state index in [-0.39, 0.29) is 34.0 Å². The quantitative estimate of drug-likeness (QED) is 0.688. The number of sulfonamides is 1. The van der Waals surface area contributed by atoms with Crippen molar-refractivity contribution >= 4 is 39.1 Å². The van der Waals surface area contributed by atoms with Gasteiger partial charge in [-0.25, -0.2) is 13.1 Å².